The summed E-state index contributed by atoms with van der Waals surface area (Å²) >= 11 is 0. The number of hydrogen-bond acceptors (Lipinski definition) is 2. The average molecular weight is 728 g/mol. The van der Waals surface area contributed by atoms with Gasteiger partial charge in [-0.2, -0.15) is 0 Å². The van der Waals surface area contributed by atoms with Gasteiger partial charge in [0.1, 0.15) is 5.75 Å². The van der Waals surface area contributed by atoms with Crippen LogP contribution in [-0.4, -0.2) is 0 Å². The molecule has 268 valence electrons. The summed E-state index contributed by atoms with van der Waals surface area (Å²) in [5, 5.41) is 0. The molecule has 1 aliphatic carbocycles. The van der Waals surface area contributed by atoms with Crippen molar-refractivity contribution in [2.24, 2.45) is 0 Å². The SMILES string of the molecule is c1ccc(-c2ccc(-c3ccccc3N(c3ccc(-c4ccccc4)cc3)c3ccc4c(c3)-c3ccccc3C3(O4)c4ccccc4-c4ccccc43)cc2)cc1. The average Bonchev–Trinajstić information content (AvgIpc) is 3.57. The number of fused-ring (bicyclic) bond motifs is 9. The van der Waals surface area contributed by atoms with Gasteiger partial charge in [0.05, 0.1) is 5.69 Å². The molecule has 1 heterocycles. The minimum absolute atomic E-state index is 0.746. The molecule has 0 unspecified atom stereocenters. The van der Waals surface area contributed by atoms with Crippen LogP contribution in [0.2, 0.25) is 0 Å². The first-order valence-electron chi connectivity index (χ1n) is 19.6. The van der Waals surface area contributed by atoms with E-state index in [9.17, 15) is 0 Å². The third-order valence-corrected chi connectivity index (χ3v) is 11.7. The molecule has 9 aromatic rings. The molecule has 0 bridgehead atoms. The molecule has 1 aliphatic heterocycles. The van der Waals surface area contributed by atoms with Crippen molar-refractivity contribution in [2.45, 2.75) is 5.60 Å². The van der Waals surface area contributed by atoms with E-state index in [1.54, 1.807) is 0 Å². The van der Waals surface area contributed by atoms with Gasteiger partial charge in [-0.3, -0.25) is 0 Å². The Morgan fingerprint density at radius 1 is 0.298 bits per heavy atom. The van der Waals surface area contributed by atoms with Gasteiger partial charge in [0.25, 0.3) is 0 Å². The van der Waals surface area contributed by atoms with E-state index < -0.39 is 5.60 Å². The Labute approximate surface area is 333 Å². The molecule has 0 radical (unpaired) electrons. The molecule has 0 saturated carbocycles. The summed E-state index contributed by atoms with van der Waals surface area (Å²) in [5.41, 5.74) is 17.8. The maximum absolute atomic E-state index is 7.39. The third-order valence-electron chi connectivity index (χ3n) is 11.7. The Morgan fingerprint density at radius 2 is 0.702 bits per heavy atom. The molecule has 1 spiro atoms. The highest BCUT2D eigenvalue weighted by Gasteiger charge is 2.50. The Balaban J connectivity index is 1.07. The molecule has 2 heteroatoms. The van der Waals surface area contributed by atoms with Crippen LogP contribution in [0.5, 0.6) is 5.75 Å². The van der Waals surface area contributed by atoms with Crippen LogP contribution in [0, 0.1) is 0 Å². The molecule has 2 aliphatic rings. The topological polar surface area (TPSA) is 12.5 Å². The fourth-order valence-electron chi connectivity index (χ4n) is 9.04. The van der Waals surface area contributed by atoms with Crippen LogP contribution in [0.4, 0.5) is 17.1 Å². The van der Waals surface area contributed by atoms with Crippen molar-refractivity contribution in [3.05, 3.63) is 241 Å². The van der Waals surface area contributed by atoms with Crippen molar-refractivity contribution < 1.29 is 4.74 Å². The molecular formula is C55H37NO. The van der Waals surface area contributed by atoms with Gasteiger partial charge in [0.15, 0.2) is 5.60 Å². The summed E-state index contributed by atoms with van der Waals surface area (Å²) in [6, 6.07) is 80.7. The Hall–Kier alpha value is -7.42. The number of hydrogen-bond donors (Lipinski definition) is 0. The maximum Gasteiger partial charge on any atom is 0.186 e. The van der Waals surface area contributed by atoms with Gasteiger partial charge in [-0.1, -0.05) is 188 Å². The van der Waals surface area contributed by atoms with Gasteiger partial charge in [-0.25, -0.2) is 0 Å². The largest absolute Gasteiger partial charge is 0.472 e. The second-order valence-electron chi connectivity index (χ2n) is 14.8. The van der Waals surface area contributed by atoms with Crippen molar-refractivity contribution in [3.8, 4) is 61.4 Å². The van der Waals surface area contributed by atoms with Crippen LogP contribution in [-0.2, 0) is 5.60 Å². The standard InChI is InChI=1S/C55H37NO/c1-3-15-38(16-4-1)40-27-29-42(30-28-40)45-19-10-14-26-53(45)56(43-33-31-41(32-34-43)39-17-5-2-6-18-39)44-35-36-54-49(37-44)48-22-9-13-25-52(48)55(57-54)50-23-11-7-20-46(50)47-21-8-12-24-51(47)55/h1-37H. The molecule has 0 aromatic heterocycles. The zero-order valence-electron chi connectivity index (χ0n) is 31.2. The Kier molecular flexibility index (Phi) is 7.75. The summed E-state index contributed by atoms with van der Waals surface area (Å²) in [4.78, 5) is 2.39. The van der Waals surface area contributed by atoms with Crippen molar-refractivity contribution in [1.82, 2.24) is 0 Å². The van der Waals surface area contributed by atoms with E-state index in [1.165, 1.54) is 50.1 Å². The van der Waals surface area contributed by atoms with Gasteiger partial charge >= 0.3 is 0 Å². The first-order chi connectivity index (χ1) is 28.3. The molecule has 57 heavy (non-hydrogen) atoms. The van der Waals surface area contributed by atoms with Gasteiger partial charge in [0, 0.05) is 39.2 Å². The summed E-state index contributed by atoms with van der Waals surface area (Å²) in [5.74, 6) is 0.869. The number of nitrogens with zero attached hydrogens (tertiary/aromatic N) is 1. The van der Waals surface area contributed by atoms with E-state index in [0.29, 0.717) is 0 Å². The third kappa shape index (κ3) is 5.33. The van der Waals surface area contributed by atoms with Crippen molar-refractivity contribution in [3.63, 3.8) is 0 Å². The van der Waals surface area contributed by atoms with Gasteiger partial charge in [0.2, 0.25) is 0 Å². The monoisotopic (exact) mass is 727 g/mol. The molecule has 11 rings (SSSR count). The van der Waals surface area contributed by atoms with Crippen LogP contribution < -0.4 is 9.64 Å². The zero-order chi connectivity index (χ0) is 37.8. The lowest BCUT2D eigenvalue weighted by atomic mass is 9.78. The fourth-order valence-corrected chi connectivity index (χ4v) is 9.04. The Morgan fingerprint density at radius 3 is 1.26 bits per heavy atom. The second-order valence-corrected chi connectivity index (χ2v) is 14.8. The quantitative estimate of drug-likeness (QED) is 0.169. The molecular weight excluding hydrogens is 691 g/mol. The van der Waals surface area contributed by atoms with Crippen LogP contribution in [0.25, 0.3) is 55.6 Å². The van der Waals surface area contributed by atoms with Crippen molar-refractivity contribution in [1.29, 1.82) is 0 Å². The van der Waals surface area contributed by atoms with E-state index in [2.05, 4.69) is 229 Å². The molecule has 9 aromatic carbocycles. The van der Waals surface area contributed by atoms with Gasteiger partial charge < -0.3 is 9.64 Å². The highest BCUT2D eigenvalue weighted by molar-refractivity contribution is 5.93. The van der Waals surface area contributed by atoms with Gasteiger partial charge in [-0.05, 0) is 80.9 Å². The predicted molar refractivity (Wildman–Crippen MR) is 235 cm³/mol. The number of rotatable bonds is 6. The highest BCUT2D eigenvalue weighted by Crippen LogP contribution is 2.59. The van der Waals surface area contributed by atoms with Crippen molar-refractivity contribution >= 4 is 17.1 Å². The van der Waals surface area contributed by atoms with E-state index in [4.69, 9.17) is 4.74 Å². The molecule has 0 fully saturated rings. The molecule has 2 nitrogen and oxygen atoms in total. The number of para-hydroxylation sites is 1. The van der Waals surface area contributed by atoms with E-state index in [1.807, 2.05) is 0 Å². The summed E-state index contributed by atoms with van der Waals surface area (Å²) < 4.78 is 7.39. The molecule has 0 amide bonds. The molecule has 0 atom stereocenters. The van der Waals surface area contributed by atoms with Crippen LogP contribution in [0.15, 0.2) is 224 Å². The minimum Gasteiger partial charge on any atom is -0.472 e. The lowest BCUT2D eigenvalue weighted by Gasteiger charge is -2.40. The lowest BCUT2D eigenvalue weighted by Crippen LogP contribution is -2.36. The molecule has 0 saturated heterocycles. The zero-order valence-corrected chi connectivity index (χ0v) is 31.2. The summed E-state index contributed by atoms with van der Waals surface area (Å²) in [6.45, 7) is 0. The molecule has 0 N–H and O–H groups in total. The van der Waals surface area contributed by atoms with Crippen LogP contribution in [0.1, 0.15) is 16.7 Å². The fraction of sp³-hybridized carbons (Fsp3) is 0.0182. The first-order valence-corrected chi connectivity index (χ1v) is 19.6. The normalized spacial score (nSPS) is 12.8. The number of benzene rings is 9. The van der Waals surface area contributed by atoms with E-state index in [0.717, 1.165) is 45.1 Å². The van der Waals surface area contributed by atoms with Crippen LogP contribution in [0.3, 0.4) is 0 Å². The smallest absolute Gasteiger partial charge is 0.186 e. The van der Waals surface area contributed by atoms with E-state index >= 15 is 0 Å². The summed E-state index contributed by atoms with van der Waals surface area (Å²) in [6.07, 6.45) is 0. The first kappa shape index (κ1) is 33.0. The second kappa shape index (κ2) is 13.4. The lowest BCUT2D eigenvalue weighted by molar-refractivity contribution is 0.157. The van der Waals surface area contributed by atoms with Gasteiger partial charge in [-0.15, -0.1) is 0 Å². The minimum atomic E-state index is -0.746. The maximum atomic E-state index is 7.39. The number of anilines is 3. The Bertz CT molecular complexity index is 2870. The summed E-state index contributed by atoms with van der Waals surface area (Å²) in [7, 11) is 0. The van der Waals surface area contributed by atoms with Crippen LogP contribution >= 0.6 is 0 Å². The number of ether oxygens (including phenoxy) is 1. The highest BCUT2D eigenvalue weighted by atomic mass is 16.5. The van der Waals surface area contributed by atoms with Crippen molar-refractivity contribution in [2.75, 3.05) is 4.90 Å². The predicted octanol–water partition coefficient (Wildman–Crippen LogP) is 14.5. The van der Waals surface area contributed by atoms with E-state index in [-0.39, 0.29) is 0 Å².